The second-order valence-electron chi connectivity index (χ2n) is 6.65. The third-order valence-electron chi connectivity index (χ3n) is 5.05. The van der Waals surface area contributed by atoms with Crippen molar-refractivity contribution < 1.29 is 14.3 Å². The standard InChI is InChI=1S/C18H22N4O3/c23-17(21-8-10-25-11-9-21)13-4-3-7-22(12-13)18(24)16-14-5-1-2-6-15(14)19-20-16/h1-2,5-6,13H,3-4,7-12H2,(H,19,20)/t13-/m1/s1. The number of ether oxygens (including phenoxy) is 1. The third kappa shape index (κ3) is 3.11. The molecule has 4 rings (SSSR count). The molecule has 2 amide bonds. The summed E-state index contributed by atoms with van der Waals surface area (Å²) in [6.45, 7) is 3.63. The molecule has 7 nitrogen and oxygen atoms in total. The molecule has 1 aromatic heterocycles. The maximum absolute atomic E-state index is 12.9. The first kappa shape index (κ1) is 16.1. The molecule has 0 radical (unpaired) electrons. The van der Waals surface area contributed by atoms with Crippen LogP contribution >= 0.6 is 0 Å². The summed E-state index contributed by atoms with van der Waals surface area (Å²) in [5.74, 6) is -0.0781. The lowest BCUT2D eigenvalue weighted by molar-refractivity contribution is -0.141. The second-order valence-corrected chi connectivity index (χ2v) is 6.65. The van der Waals surface area contributed by atoms with Crippen molar-refractivity contribution in [3.8, 4) is 0 Å². The zero-order valence-corrected chi connectivity index (χ0v) is 14.1. The summed E-state index contributed by atoms with van der Waals surface area (Å²) in [7, 11) is 0. The van der Waals surface area contributed by atoms with E-state index < -0.39 is 0 Å². The molecule has 2 fully saturated rings. The SMILES string of the molecule is O=C(c1n[nH]c2ccccc12)N1CCC[C@@H](C(=O)N2CCOCC2)C1. The number of hydrogen-bond acceptors (Lipinski definition) is 4. The van der Waals surface area contributed by atoms with Gasteiger partial charge in [0.15, 0.2) is 5.69 Å². The summed E-state index contributed by atoms with van der Waals surface area (Å²) < 4.78 is 5.32. The highest BCUT2D eigenvalue weighted by atomic mass is 16.5. The predicted molar refractivity (Wildman–Crippen MR) is 92.1 cm³/mol. The van der Waals surface area contributed by atoms with Gasteiger partial charge in [-0.15, -0.1) is 0 Å². The second kappa shape index (κ2) is 6.84. The molecule has 0 spiro atoms. The van der Waals surface area contributed by atoms with Crippen molar-refractivity contribution in [1.29, 1.82) is 0 Å². The van der Waals surface area contributed by atoms with Crippen molar-refractivity contribution in [2.75, 3.05) is 39.4 Å². The van der Waals surface area contributed by atoms with Crippen LogP contribution in [0.1, 0.15) is 23.3 Å². The number of aromatic amines is 1. The first-order chi connectivity index (χ1) is 12.2. The van der Waals surface area contributed by atoms with Gasteiger partial charge in [-0.1, -0.05) is 18.2 Å². The van der Waals surface area contributed by atoms with Crippen LogP contribution in [0.25, 0.3) is 10.9 Å². The van der Waals surface area contributed by atoms with E-state index in [1.807, 2.05) is 29.2 Å². The normalized spacial score (nSPS) is 21.5. The molecule has 7 heteroatoms. The Hall–Kier alpha value is -2.41. The molecular formula is C18H22N4O3. The average molecular weight is 342 g/mol. The first-order valence-electron chi connectivity index (χ1n) is 8.83. The lowest BCUT2D eigenvalue weighted by Gasteiger charge is -2.36. The number of carbonyl (C=O) groups excluding carboxylic acids is 2. The smallest absolute Gasteiger partial charge is 0.275 e. The predicted octanol–water partition coefficient (Wildman–Crippen LogP) is 1.27. The van der Waals surface area contributed by atoms with Crippen molar-refractivity contribution in [3.63, 3.8) is 0 Å². The molecule has 0 saturated carbocycles. The number of aromatic nitrogens is 2. The van der Waals surface area contributed by atoms with Crippen LogP contribution in [-0.4, -0.2) is 71.2 Å². The van der Waals surface area contributed by atoms with E-state index in [4.69, 9.17) is 4.74 Å². The number of H-pyrrole nitrogens is 1. The quantitative estimate of drug-likeness (QED) is 0.892. The van der Waals surface area contributed by atoms with Crippen LogP contribution in [-0.2, 0) is 9.53 Å². The number of likely N-dealkylation sites (tertiary alicyclic amines) is 1. The van der Waals surface area contributed by atoms with E-state index in [0.29, 0.717) is 45.1 Å². The minimum absolute atomic E-state index is 0.100. The number of nitrogens with one attached hydrogen (secondary N) is 1. The van der Waals surface area contributed by atoms with Crippen molar-refractivity contribution in [3.05, 3.63) is 30.0 Å². The van der Waals surface area contributed by atoms with Crippen LogP contribution in [0, 0.1) is 5.92 Å². The van der Waals surface area contributed by atoms with Gasteiger partial charge < -0.3 is 14.5 Å². The van der Waals surface area contributed by atoms with Crippen molar-refractivity contribution >= 4 is 22.7 Å². The maximum atomic E-state index is 12.9. The van der Waals surface area contributed by atoms with Crippen molar-refractivity contribution in [2.45, 2.75) is 12.8 Å². The van der Waals surface area contributed by atoms with Crippen LogP contribution in [0.4, 0.5) is 0 Å². The zero-order valence-electron chi connectivity index (χ0n) is 14.1. The molecule has 2 aromatic rings. The summed E-state index contributed by atoms with van der Waals surface area (Å²) in [5, 5.41) is 7.94. The molecule has 132 valence electrons. The highest BCUT2D eigenvalue weighted by Crippen LogP contribution is 2.23. The van der Waals surface area contributed by atoms with E-state index in [2.05, 4.69) is 10.2 Å². The number of piperidine rings is 1. The van der Waals surface area contributed by atoms with E-state index >= 15 is 0 Å². The molecule has 2 aliphatic rings. The number of benzene rings is 1. The van der Waals surface area contributed by atoms with Gasteiger partial charge in [-0.3, -0.25) is 14.7 Å². The molecule has 25 heavy (non-hydrogen) atoms. The Bertz CT molecular complexity index is 781. The summed E-state index contributed by atoms with van der Waals surface area (Å²) in [5.41, 5.74) is 1.29. The number of para-hydroxylation sites is 1. The van der Waals surface area contributed by atoms with Gasteiger partial charge in [-0.2, -0.15) is 5.10 Å². The number of fused-ring (bicyclic) bond motifs is 1. The first-order valence-corrected chi connectivity index (χ1v) is 8.83. The molecule has 1 aromatic carbocycles. The highest BCUT2D eigenvalue weighted by molar-refractivity contribution is 6.04. The maximum Gasteiger partial charge on any atom is 0.275 e. The minimum Gasteiger partial charge on any atom is -0.378 e. The molecule has 1 atom stereocenters. The molecule has 1 N–H and O–H groups in total. The number of amides is 2. The van der Waals surface area contributed by atoms with Crippen LogP contribution in [0.2, 0.25) is 0 Å². The fourth-order valence-electron chi connectivity index (χ4n) is 3.68. The summed E-state index contributed by atoms with van der Waals surface area (Å²) in [6.07, 6.45) is 1.68. The van der Waals surface area contributed by atoms with E-state index in [0.717, 1.165) is 23.7 Å². The highest BCUT2D eigenvalue weighted by Gasteiger charge is 2.33. The fraction of sp³-hybridized carbons (Fsp3) is 0.500. The van der Waals surface area contributed by atoms with E-state index in [-0.39, 0.29) is 17.7 Å². The van der Waals surface area contributed by atoms with E-state index in [1.165, 1.54) is 0 Å². The summed E-state index contributed by atoms with van der Waals surface area (Å²) >= 11 is 0. The Kier molecular flexibility index (Phi) is 4.40. The lowest BCUT2D eigenvalue weighted by atomic mass is 9.96. The number of rotatable bonds is 2. The van der Waals surface area contributed by atoms with Gasteiger partial charge >= 0.3 is 0 Å². The molecule has 0 aliphatic carbocycles. The van der Waals surface area contributed by atoms with Crippen LogP contribution in [0.5, 0.6) is 0 Å². The van der Waals surface area contributed by atoms with Gasteiger partial charge in [0.25, 0.3) is 5.91 Å². The Morgan fingerprint density at radius 3 is 2.76 bits per heavy atom. The van der Waals surface area contributed by atoms with E-state index in [9.17, 15) is 9.59 Å². The Morgan fingerprint density at radius 2 is 1.92 bits per heavy atom. The minimum atomic E-state index is -0.124. The van der Waals surface area contributed by atoms with Gasteiger partial charge in [-0.25, -0.2) is 0 Å². The van der Waals surface area contributed by atoms with E-state index in [1.54, 1.807) is 4.90 Å². The van der Waals surface area contributed by atoms with Crippen molar-refractivity contribution in [2.24, 2.45) is 5.92 Å². The van der Waals surface area contributed by atoms with Gasteiger partial charge in [0.1, 0.15) is 0 Å². The van der Waals surface area contributed by atoms with Gasteiger partial charge in [0, 0.05) is 31.6 Å². The Balaban J connectivity index is 1.49. The van der Waals surface area contributed by atoms with Gasteiger partial charge in [0.05, 0.1) is 24.6 Å². The lowest BCUT2D eigenvalue weighted by Crippen LogP contribution is -2.49. The summed E-state index contributed by atoms with van der Waals surface area (Å²) in [6, 6.07) is 7.61. The molecule has 0 unspecified atom stereocenters. The number of carbonyl (C=O) groups is 2. The molecule has 3 heterocycles. The van der Waals surface area contributed by atoms with Crippen LogP contribution in [0.15, 0.2) is 24.3 Å². The molecule has 2 aliphatic heterocycles. The third-order valence-corrected chi connectivity index (χ3v) is 5.05. The monoisotopic (exact) mass is 342 g/mol. The zero-order chi connectivity index (χ0) is 17.2. The topological polar surface area (TPSA) is 78.5 Å². The largest absolute Gasteiger partial charge is 0.378 e. The molecule has 2 saturated heterocycles. The summed E-state index contributed by atoms with van der Waals surface area (Å²) in [4.78, 5) is 29.3. The van der Waals surface area contributed by atoms with Gasteiger partial charge in [0.2, 0.25) is 5.91 Å². The van der Waals surface area contributed by atoms with Crippen LogP contribution in [0.3, 0.4) is 0 Å². The van der Waals surface area contributed by atoms with Gasteiger partial charge in [-0.05, 0) is 18.9 Å². The van der Waals surface area contributed by atoms with Crippen LogP contribution < -0.4 is 0 Å². The molecule has 0 bridgehead atoms. The fourth-order valence-corrected chi connectivity index (χ4v) is 3.68. The number of morpholine rings is 1. The Morgan fingerprint density at radius 1 is 1.12 bits per heavy atom. The molecular weight excluding hydrogens is 320 g/mol. The average Bonchev–Trinajstić information content (AvgIpc) is 3.12. The number of nitrogens with zero attached hydrogens (tertiary/aromatic N) is 3. The number of hydrogen-bond donors (Lipinski definition) is 1. The van der Waals surface area contributed by atoms with Crippen molar-refractivity contribution in [1.82, 2.24) is 20.0 Å². The Labute approximate surface area is 145 Å².